The van der Waals surface area contributed by atoms with Gasteiger partial charge in [0.1, 0.15) is 0 Å². The predicted octanol–water partition coefficient (Wildman–Crippen LogP) is 4.19. The molecule has 0 bridgehead atoms. The van der Waals surface area contributed by atoms with Crippen LogP contribution in [0.1, 0.15) is 33.3 Å². The first-order chi connectivity index (χ1) is 17.0. The number of hydrogen-bond donors (Lipinski definition) is 2. The van der Waals surface area contributed by atoms with E-state index in [0.29, 0.717) is 28.2 Å². The molecule has 0 radical (unpaired) electrons. The van der Waals surface area contributed by atoms with Crippen LogP contribution in [0.3, 0.4) is 0 Å². The minimum atomic E-state index is -0.553. The zero-order chi connectivity index (χ0) is 24.8. The highest BCUT2D eigenvalue weighted by Crippen LogP contribution is 2.34. The van der Waals surface area contributed by atoms with E-state index in [2.05, 4.69) is 16.0 Å². The van der Waals surface area contributed by atoms with Gasteiger partial charge in [0, 0.05) is 17.3 Å². The van der Waals surface area contributed by atoms with Crippen molar-refractivity contribution in [3.8, 4) is 28.3 Å². The Morgan fingerprint density at radius 1 is 0.857 bits per heavy atom. The van der Waals surface area contributed by atoms with Gasteiger partial charge in [-0.05, 0) is 53.9 Å². The van der Waals surface area contributed by atoms with Gasteiger partial charge < -0.3 is 9.47 Å². The van der Waals surface area contributed by atoms with Crippen LogP contribution in [0.4, 0.5) is 0 Å². The van der Waals surface area contributed by atoms with Crippen molar-refractivity contribution in [1.82, 2.24) is 20.6 Å². The summed E-state index contributed by atoms with van der Waals surface area (Å²) in [6, 6.07) is 22.0. The minimum Gasteiger partial charge on any atom is -0.493 e. The van der Waals surface area contributed by atoms with Crippen molar-refractivity contribution in [2.45, 2.75) is 13.3 Å². The van der Waals surface area contributed by atoms with Gasteiger partial charge in [0.05, 0.1) is 19.9 Å². The number of carbonyl (C=O) groups is 2. The van der Waals surface area contributed by atoms with Gasteiger partial charge in [0.2, 0.25) is 0 Å². The maximum Gasteiger partial charge on any atom is 0.290 e. The monoisotopic (exact) mass is 470 g/mol. The number of hydrazine groups is 1. The molecule has 1 aromatic heterocycles. The normalized spacial score (nSPS) is 10.5. The number of ether oxygens (including phenoxy) is 2. The van der Waals surface area contributed by atoms with Crippen molar-refractivity contribution in [3.05, 3.63) is 95.8 Å². The fourth-order valence-electron chi connectivity index (χ4n) is 3.61. The van der Waals surface area contributed by atoms with Gasteiger partial charge >= 0.3 is 0 Å². The van der Waals surface area contributed by atoms with Crippen LogP contribution in [0, 0.1) is 0 Å². The Morgan fingerprint density at radius 2 is 1.54 bits per heavy atom. The molecule has 35 heavy (non-hydrogen) atoms. The maximum absolute atomic E-state index is 13.1. The molecular weight excluding hydrogens is 444 g/mol. The summed E-state index contributed by atoms with van der Waals surface area (Å²) in [6.07, 6.45) is 2.64. The second-order valence-electron chi connectivity index (χ2n) is 7.70. The van der Waals surface area contributed by atoms with Gasteiger partial charge in [-0.3, -0.25) is 20.4 Å². The topological polar surface area (TPSA) is 94.5 Å². The molecule has 8 nitrogen and oxygen atoms in total. The molecule has 0 fully saturated rings. The quantitative estimate of drug-likeness (QED) is 0.395. The molecule has 0 saturated carbocycles. The SMILES string of the molecule is CCc1ccc(C(=O)NNC(=O)c2nn(-c3ccccc3)cc2-c2ccc(OC)c(OC)c2)cc1. The first kappa shape index (κ1) is 23.6. The molecule has 4 aromatic rings. The number of para-hydroxylation sites is 1. The van der Waals surface area contributed by atoms with E-state index in [1.807, 2.05) is 55.5 Å². The molecule has 8 heteroatoms. The lowest BCUT2D eigenvalue weighted by Gasteiger charge is -2.10. The van der Waals surface area contributed by atoms with E-state index >= 15 is 0 Å². The van der Waals surface area contributed by atoms with Gasteiger partial charge in [-0.25, -0.2) is 4.68 Å². The summed E-state index contributed by atoms with van der Waals surface area (Å²) in [7, 11) is 3.10. The summed E-state index contributed by atoms with van der Waals surface area (Å²) in [5.41, 5.74) is 8.71. The highest BCUT2D eigenvalue weighted by atomic mass is 16.5. The number of benzene rings is 3. The number of nitrogens with one attached hydrogen (secondary N) is 2. The van der Waals surface area contributed by atoms with Gasteiger partial charge in [0.25, 0.3) is 11.8 Å². The van der Waals surface area contributed by atoms with Crippen molar-refractivity contribution in [3.63, 3.8) is 0 Å². The molecule has 0 unspecified atom stereocenters. The average Bonchev–Trinajstić information content (AvgIpc) is 3.37. The Bertz CT molecular complexity index is 1330. The molecule has 178 valence electrons. The van der Waals surface area contributed by atoms with Crippen LogP contribution >= 0.6 is 0 Å². The van der Waals surface area contributed by atoms with Gasteiger partial charge in [-0.1, -0.05) is 43.3 Å². The zero-order valence-electron chi connectivity index (χ0n) is 19.7. The molecular formula is C27H26N4O4. The third-order valence-corrected chi connectivity index (χ3v) is 5.56. The van der Waals surface area contributed by atoms with Crippen LogP contribution in [-0.2, 0) is 6.42 Å². The van der Waals surface area contributed by atoms with E-state index in [9.17, 15) is 9.59 Å². The largest absolute Gasteiger partial charge is 0.493 e. The maximum atomic E-state index is 13.1. The average molecular weight is 471 g/mol. The highest BCUT2D eigenvalue weighted by molar-refractivity contribution is 6.01. The number of nitrogens with zero attached hydrogens (tertiary/aromatic N) is 2. The van der Waals surface area contributed by atoms with E-state index in [-0.39, 0.29) is 5.69 Å². The molecule has 0 aliphatic carbocycles. The van der Waals surface area contributed by atoms with Crippen LogP contribution < -0.4 is 20.3 Å². The lowest BCUT2D eigenvalue weighted by Crippen LogP contribution is -2.42. The number of hydrogen-bond acceptors (Lipinski definition) is 5. The van der Waals surface area contributed by atoms with Gasteiger partial charge in [-0.2, -0.15) is 5.10 Å². The van der Waals surface area contributed by atoms with E-state index < -0.39 is 11.8 Å². The van der Waals surface area contributed by atoms with E-state index in [4.69, 9.17) is 9.47 Å². The Morgan fingerprint density at radius 3 is 2.20 bits per heavy atom. The molecule has 2 N–H and O–H groups in total. The standard InChI is InChI=1S/C27H26N4O4/c1-4-18-10-12-19(13-11-18)26(32)28-29-27(33)25-22(17-31(30-25)21-8-6-5-7-9-21)20-14-15-23(34-2)24(16-20)35-3/h5-17H,4H2,1-3H3,(H,28,32)(H,29,33). The number of aromatic nitrogens is 2. The van der Waals surface area contributed by atoms with Crippen molar-refractivity contribution < 1.29 is 19.1 Å². The Labute approximate surface area is 203 Å². The molecule has 3 aromatic carbocycles. The van der Waals surface area contributed by atoms with Crippen LogP contribution in [-0.4, -0.2) is 35.8 Å². The number of methoxy groups -OCH3 is 2. The summed E-state index contributed by atoms with van der Waals surface area (Å²) in [5.74, 6) is 0.117. The predicted molar refractivity (Wildman–Crippen MR) is 133 cm³/mol. The smallest absolute Gasteiger partial charge is 0.290 e. The van der Waals surface area contributed by atoms with Crippen LogP contribution in [0.15, 0.2) is 79.0 Å². The highest BCUT2D eigenvalue weighted by Gasteiger charge is 2.21. The van der Waals surface area contributed by atoms with Crippen molar-refractivity contribution >= 4 is 11.8 Å². The summed E-state index contributed by atoms with van der Waals surface area (Å²) in [4.78, 5) is 25.7. The third-order valence-electron chi connectivity index (χ3n) is 5.56. The van der Waals surface area contributed by atoms with E-state index in [1.54, 1.807) is 49.4 Å². The summed E-state index contributed by atoms with van der Waals surface area (Å²) in [5, 5.41) is 4.51. The third kappa shape index (κ3) is 5.16. The second-order valence-corrected chi connectivity index (χ2v) is 7.70. The lowest BCUT2D eigenvalue weighted by molar-refractivity contribution is 0.0844. The zero-order valence-corrected chi connectivity index (χ0v) is 19.7. The molecule has 0 aliphatic rings. The van der Waals surface area contributed by atoms with Crippen molar-refractivity contribution in [2.24, 2.45) is 0 Å². The first-order valence-corrected chi connectivity index (χ1v) is 11.1. The fraction of sp³-hybridized carbons (Fsp3) is 0.148. The van der Waals surface area contributed by atoms with Gasteiger partial charge in [-0.15, -0.1) is 0 Å². The molecule has 0 spiro atoms. The van der Waals surface area contributed by atoms with Crippen molar-refractivity contribution in [2.75, 3.05) is 14.2 Å². The van der Waals surface area contributed by atoms with E-state index in [0.717, 1.165) is 17.7 Å². The fourth-order valence-corrected chi connectivity index (χ4v) is 3.61. The Balaban J connectivity index is 1.64. The van der Waals surface area contributed by atoms with Crippen molar-refractivity contribution in [1.29, 1.82) is 0 Å². The molecule has 1 heterocycles. The summed E-state index contributed by atoms with van der Waals surface area (Å²) in [6.45, 7) is 2.04. The van der Waals surface area contributed by atoms with Crippen LogP contribution in [0.5, 0.6) is 11.5 Å². The summed E-state index contributed by atoms with van der Waals surface area (Å²) >= 11 is 0. The van der Waals surface area contributed by atoms with Crippen LogP contribution in [0.2, 0.25) is 0 Å². The second kappa shape index (κ2) is 10.6. The Hall–Kier alpha value is -4.59. The lowest BCUT2D eigenvalue weighted by atomic mass is 10.1. The molecule has 0 atom stereocenters. The first-order valence-electron chi connectivity index (χ1n) is 11.1. The van der Waals surface area contributed by atoms with Gasteiger partial charge in [0.15, 0.2) is 17.2 Å². The molecule has 0 saturated heterocycles. The minimum absolute atomic E-state index is 0.141. The summed E-state index contributed by atoms with van der Waals surface area (Å²) < 4.78 is 12.4. The molecule has 4 rings (SSSR count). The van der Waals surface area contributed by atoms with Crippen LogP contribution in [0.25, 0.3) is 16.8 Å². The molecule has 2 amide bonds. The van der Waals surface area contributed by atoms with E-state index in [1.165, 1.54) is 0 Å². The number of rotatable bonds is 7. The Kier molecular flexibility index (Phi) is 7.11. The number of aryl methyl sites for hydroxylation is 1. The number of carbonyl (C=O) groups excluding carboxylic acids is 2. The number of amides is 2. The molecule has 0 aliphatic heterocycles.